The van der Waals surface area contributed by atoms with Gasteiger partial charge in [-0.3, -0.25) is 0 Å². The van der Waals surface area contributed by atoms with E-state index in [-0.39, 0.29) is 6.29 Å². The standard InChI is InChI=1S/C19H26F2O2/c1-2-3-4-6-16-13-22-19(23-14-16)17-11-9-15(10-12-17)7-5-8-18(20)21/h8-12,16,19H,2-7,13-14H2,1H3. The van der Waals surface area contributed by atoms with Gasteiger partial charge >= 0.3 is 0 Å². The van der Waals surface area contributed by atoms with E-state index in [1.807, 2.05) is 24.3 Å². The first kappa shape index (κ1) is 18.1. The summed E-state index contributed by atoms with van der Waals surface area (Å²) in [6.07, 6.45) is 4.93. The van der Waals surface area contributed by atoms with Crippen molar-refractivity contribution in [3.05, 3.63) is 47.5 Å². The van der Waals surface area contributed by atoms with Crippen LogP contribution in [0.3, 0.4) is 0 Å². The summed E-state index contributed by atoms with van der Waals surface area (Å²) in [7, 11) is 0. The van der Waals surface area contributed by atoms with Crippen LogP contribution in [0.1, 0.15) is 56.4 Å². The highest BCUT2D eigenvalue weighted by Crippen LogP contribution is 2.27. The molecule has 1 aliphatic rings. The van der Waals surface area contributed by atoms with Gasteiger partial charge in [-0.05, 0) is 30.9 Å². The largest absolute Gasteiger partial charge is 0.348 e. The average molecular weight is 324 g/mol. The monoisotopic (exact) mass is 324 g/mol. The molecule has 1 saturated heterocycles. The SMILES string of the molecule is CCCCCC1COC(c2ccc(CCC=C(F)F)cc2)OC1. The number of halogens is 2. The third-order valence-corrected chi connectivity index (χ3v) is 4.17. The van der Waals surface area contributed by atoms with Crippen molar-refractivity contribution in [1.29, 1.82) is 0 Å². The van der Waals surface area contributed by atoms with Crippen molar-refractivity contribution in [2.75, 3.05) is 13.2 Å². The molecule has 0 unspecified atom stereocenters. The van der Waals surface area contributed by atoms with Crippen LogP contribution in [-0.4, -0.2) is 13.2 Å². The van der Waals surface area contributed by atoms with Gasteiger partial charge in [-0.1, -0.05) is 50.5 Å². The normalized spacial score (nSPS) is 21.2. The van der Waals surface area contributed by atoms with Crippen LogP contribution in [-0.2, 0) is 15.9 Å². The van der Waals surface area contributed by atoms with Crippen molar-refractivity contribution in [2.45, 2.75) is 51.7 Å². The van der Waals surface area contributed by atoms with E-state index in [1.54, 1.807) is 0 Å². The lowest BCUT2D eigenvalue weighted by atomic mass is 10.0. The van der Waals surface area contributed by atoms with Crippen LogP contribution in [0, 0.1) is 5.92 Å². The predicted molar refractivity (Wildman–Crippen MR) is 87.3 cm³/mol. The summed E-state index contributed by atoms with van der Waals surface area (Å²) in [5, 5.41) is 0. The molecule has 1 aromatic rings. The third kappa shape index (κ3) is 6.40. The Labute approximate surface area is 137 Å². The maximum atomic E-state index is 12.0. The minimum absolute atomic E-state index is 0.297. The Morgan fingerprint density at radius 1 is 1.13 bits per heavy atom. The first-order chi connectivity index (χ1) is 11.2. The van der Waals surface area contributed by atoms with Gasteiger partial charge in [0, 0.05) is 11.5 Å². The molecular formula is C19H26F2O2. The number of aryl methyl sites for hydroxylation is 1. The summed E-state index contributed by atoms with van der Waals surface area (Å²) in [6.45, 7) is 3.70. The molecule has 0 spiro atoms. The summed E-state index contributed by atoms with van der Waals surface area (Å²) < 4.78 is 35.7. The van der Waals surface area contributed by atoms with Crippen LogP contribution in [0.25, 0.3) is 0 Å². The van der Waals surface area contributed by atoms with Gasteiger partial charge in [0.1, 0.15) is 0 Å². The van der Waals surface area contributed by atoms with Crippen LogP contribution in [0.2, 0.25) is 0 Å². The minimum atomic E-state index is -1.61. The zero-order valence-electron chi connectivity index (χ0n) is 13.8. The summed E-state index contributed by atoms with van der Waals surface area (Å²) in [5.41, 5.74) is 2.03. The van der Waals surface area contributed by atoms with Gasteiger partial charge in [-0.25, -0.2) is 0 Å². The molecule has 1 aliphatic heterocycles. The fourth-order valence-corrected chi connectivity index (χ4v) is 2.77. The summed E-state index contributed by atoms with van der Waals surface area (Å²) in [6, 6.07) is 7.85. The summed E-state index contributed by atoms with van der Waals surface area (Å²) in [5.74, 6) is 0.499. The molecule has 0 bridgehead atoms. The van der Waals surface area contributed by atoms with Crippen molar-refractivity contribution in [1.82, 2.24) is 0 Å². The van der Waals surface area contributed by atoms with Crippen molar-refractivity contribution in [2.24, 2.45) is 5.92 Å². The Morgan fingerprint density at radius 2 is 1.83 bits per heavy atom. The Bertz CT molecular complexity index is 473. The maximum absolute atomic E-state index is 12.0. The Balaban J connectivity index is 1.76. The molecule has 0 amide bonds. The summed E-state index contributed by atoms with van der Waals surface area (Å²) in [4.78, 5) is 0. The van der Waals surface area contributed by atoms with Gasteiger partial charge in [0.15, 0.2) is 6.29 Å². The van der Waals surface area contributed by atoms with E-state index >= 15 is 0 Å². The average Bonchev–Trinajstić information content (AvgIpc) is 2.56. The van der Waals surface area contributed by atoms with Crippen molar-refractivity contribution in [3.63, 3.8) is 0 Å². The third-order valence-electron chi connectivity index (χ3n) is 4.17. The second kappa shape index (κ2) is 9.78. The number of hydrogen-bond acceptors (Lipinski definition) is 2. The fourth-order valence-electron chi connectivity index (χ4n) is 2.77. The van der Waals surface area contributed by atoms with Gasteiger partial charge in [0.2, 0.25) is 0 Å². The number of unbranched alkanes of at least 4 members (excludes halogenated alkanes) is 2. The van der Waals surface area contributed by atoms with Gasteiger partial charge in [0.05, 0.1) is 13.2 Å². The maximum Gasteiger partial charge on any atom is 0.266 e. The molecule has 0 aliphatic carbocycles. The van der Waals surface area contributed by atoms with Crippen molar-refractivity contribution < 1.29 is 18.3 Å². The topological polar surface area (TPSA) is 18.5 Å². The highest BCUT2D eigenvalue weighted by atomic mass is 19.3. The molecule has 4 heteroatoms. The van der Waals surface area contributed by atoms with Crippen molar-refractivity contribution in [3.8, 4) is 0 Å². The van der Waals surface area contributed by atoms with E-state index in [4.69, 9.17) is 9.47 Å². The number of rotatable bonds is 8. The van der Waals surface area contributed by atoms with Crippen molar-refractivity contribution >= 4 is 0 Å². The Kier molecular flexibility index (Phi) is 7.69. The van der Waals surface area contributed by atoms with E-state index in [1.165, 1.54) is 19.3 Å². The zero-order valence-corrected chi connectivity index (χ0v) is 13.8. The highest BCUT2D eigenvalue weighted by Gasteiger charge is 2.23. The first-order valence-corrected chi connectivity index (χ1v) is 8.52. The van der Waals surface area contributed by atoms with Gasteiger partial charge in [-0.2, -0.15) is 8.78 Å². The van der Waals surface area contributed by atoms with Gasteiger partial charge in [-0.15, -0.1) is 0 Å². The Morgan fingerprint density at radius 3 is 2.43 bits per heavy atom. The lowest BCUT2D eigenvalue weighted by Crippen LogP contribution is -2.27. The lowest BCUT2D eigenvalue weighted by Gasteiger charge is -2.29. The second-order valence-corrected chi connectivity index (χ2v) is 6.13. The van der Waals surface area contributed by atoms with E-state index in [0.717, 1.165) is 36.8 Å². The van der Waals surface area contributed by atoms with Crippen LogP contribution in [0.4, 0.5) is 8.78 Å². The van der Waals surface area contributed by atoms with Crippen LogP contribution in [0.15, 0.2) is 36.4 Å². The van der Waals surface area contributed by atoms with Crippen LogP contribution >= 0.6 is 0 Å². The van der Waals surface area contributed by atoms with E-state index in [2.05, 4.69) is 6.92 Å². The van der Waals surface area contributed by atoms with Gasteiger partial charge in [0.25, 0.3) is 6.08 Å². The molecule has 0 radical (unpaired) electrons. The number of benzene rings is 1. The molecule has 0 aromatic heterocycles. The van der Waals surface area contributed by atoms with E-state index in [0.29, 0.717) is 18.8 Å². The molecule has 2 nitrogen and oxygen atoms in total. The molecular weight excluding hydrogens is 298 g/mol. The molecule has 0 saturated carbocycles. The molecule has 1 aromatic carbocycles. The zero-order chi connectivity index (χ0) is 16.5. The summed E-state index contributed by atoms with van der Waals surface area (Å²) >= 11 is 0. The smallest absolute Gasteiger partial charge is 0.266 e. The fraction of sp³-hybridized carbons (Fsp3) is 0.579. The van der Waals surface area contributed by atoms with E-state index in [9.17, 15) is 8.78 Å². The first-order valence-electron chi connectivity index (χ1n) is 8.52. The lowest BCUT2D eigenvalue weighted by molar-refractivity contribution is -0.206. The predicted octanol–water partition coefficient (Wildman–Crippen LogP) is 5.64. The van der Waals surface area contributed by atoms with Crippen LogP contribution < -0.4 is 0 Å². The molecule has 1 heterocycles. The second-order valence-electron chi connectivity index (χ2n) is 6.13. The van der Waals surface area contributed by atoms with Crippen LogP contribution in [0.5, 0.6) is 0 Å². The number of allylic oxidation sites excluding steroid dienone is 1. The molecule has 0 atom stereocenters. The Hall–Kier alpha value is -1.26. The molecule has 1 fully saturated rings. The molecule has 128 valence electrons. The molecule has 23 heavy (non-hydrogen) atoms. The quantitative estimate of drug-likeness (QED) is 0.576. The molecule has 2 rings (SSSR count). The number of ether oxygens (including phenoxy) is 2. The molecule has 0 N–H and O–H groups in total. The number of hydrogen-bond donors (Lipinski definition) is 0. The van der Waals surface area contributed by atoms with Gasteiger partial charge < -0.3 is 9.47 Å². The highest BCUT2D eigenvalue weighted by molar-refractivity contribution is 5.24. The minimum Gasteiger partial charge on any atom is -0.348 e. The van der Waals surface area contributed by atoms with E-state index < -0.39 is 6.08 Å².